The Kier molecular flexibility index (Phi) is 8.67. The van der Waals surface area contributed by atoms with E-state index in [0.29, 0.717) is 19.1 Å². The van der Waals surface area contributed by atoms with Gasteiger partial charge in [-0.1, -0.05) is 40.0 Å². The molecule has 2 N–H and O–H groups in total. The van der Waals surface area contributed by atoms with Crippen LogP contribution in [0.1, 0.15) is 52.9 Å². The van der Waals surface area contributed by atoms with Crippen LogP contribution < -0.4 is 5.32 Å². The van der Waals surface area contributed by atoms with Crippen molar-refractivity contribution in [3.05, 3.63) is 0 Å². The van der Waals surface area contributed by atoms with E-state index in [1.165, 1.54) is 32.1 Å². The zero-order chi connectivity index (χ0) is 14.1. The summed E-state index contributed by atoms with van der Waals surface area (Å²) in [5, 5.41) is 13.2. The molecule has 0 aromatic heterocycles. The van der Waals surface area contributed by atoms with E-state index < -0.39 is 0 Å². The largest absolute Gasteiger partial charge is 0.389 e. The lowest BCUT2D eigenvalue weighted by atomic mass is 10.0. The Morgan fingerprint density at radius 1 is 1.32 bits per heavy atom. The Morgan fingerprint density at radius 2 is 2.05 bits per heavy atom. The van der Waals surface area contributed by atoms with E-state index in [0.717, 1.165) is 25.0 Å². The highest BCUT2D eigenvalue weighted by Gasteiger charge is 2.31. The van der Waals surface area contributed by atoms with Gasteiger partial charge in [0.05, 0.1) is 12.7 Å². The van der Waals surface area contributed by atoms with E-state index in [2.05, 4.69) is 26.1 Å². The quantitative estimate of drug-likeness (QED) is 0.573. The highest BCUT2D eigenvalue weighted by Crippen LogP contribution is 2.36. The first kappa shape index (κ1) is 16.9. The standard InChI is InChI=1S/C16H33NO2/c1-4-6-7-14(5-2)11-19-12-16(18)10-17-9-15-8-13(15)3/h13-18H,4-12H2,1-3H3. The van der Waals surface area contributed by atoms with Gasteiger partial charge in [0.2, 0.25) is 0 Å². The Labute approximate surface area is 119 Å². The summed E-state index contributed by atoms with van der Waals surface area (Å²) in [5.74, 6) is 2.38. The maximum Gasteiger partial charge on any atom is 0.0897 e. The maximum absolute atomic E-state index is 9.82. The Morgan fingerprint density at radius 3 is 2.63 bits per heavy atom. The van der Waals surface area contributed by atoms with Gasteiger partial charge in [-0.25, -0.2) is 0 Å². The first-order chi connectivity index (χ1) is 9.17. The molecular weight excluding hydrogens is 238 g/mol. The van der Waals surface area contributed by atoms with Crippen LogP contribution in [0.25, 0.3) is 0 Å². The van der Waals surface area contributed by atoms with Crippen molar-refractivity contribution < 1.29 is 9.84 Å². The summed E-state index contributed by atoms with van der Waals surface area (Å²) in [6, 6.07) is 0. The molecule has 0 amide bonds. The summed E-state index contributed by atoms with van der Waals surface area (Å²) in [6.45, 7) is 9.71. The predicted octanol–water partition coefficient (Wildman–Crippen LogP) is 2.83. The van der Waals surface area contributed by atoms with Crippen LogP contribution in [0.2, 0.25) is 0 Å². The molecule has 3 nitrogen and oxygen atoms in total. The molecule has 0 aromatic carbocycles. The molecule has 19 heavy (non-hydrogen) atoms. The van der Waals surface area contributed by atoms with Crippen LogP contribution in [0.5, 0.6) is 0 Å². The Hall–Kier alpha value is -0.120. The molecule has 0 aliphatic heterocycles. The third-order valence-electron chi connectivity index (χ3n) is 4.27. The zero-order valence-corrected chi connectivity index (χ0v) is 13.0. The first-order valence-corrected chi connectivity index (χ1v) is 8.13. The van der Waals surface area contributed by atoms with Crippen LogP contribution >= 0.6 is 0 Å². The minimum Gasteiger partial charge on any atom is -0.389 e. The molecular formula is C16H33NO2. The van der Waals surface area contributed by atoms with Crippen LogP contribution in [-0.2, 0) is 4.74 Å². The van der Waals surface area contributed by atoms with E-state index in [4.69, 9.17) is 4.74 Å². The van der Waals surface area contributed by atoms with Gasteiger partial charge in [0.1, 0.15) is 0 Å². The molecule has 0 radical (unpaired) electrons. The highest BCUT2D eigenvalue weighted by molar-refractivity contribution is 4.84. The Bertz CT molecular complexity index is 223. The van der Waals surface area contributed by atoms with Crippen molar-refractivity contribution in [1.82, 2.24) is 5.32 Å². The molecule has 0 bridgehead atoms. The molecule has 1 aliphatic carbocycles. The second-order valence-electron chi connectivity index (χ2n) is 6.24. The van der Waals surface area contributed by atoms with Crippen molar-refractivity contribution >= 4 is 0 Å². The molecule has 1 rings (SSSR count). The molecule has 1 saturated carbocycles. The van der Waals surface area contributed by atoms with Crippen LogP contribution in [0.15, 0.2) is 0 Å². The maximum atomic E-state index is 9.82. The van der Waals surface area contributed by atoms with Gasteiger partial charge in [0.25, 0.3) is 0 Å². The number of ether oxygens (including phenoxy) is 1. The van der Waals surface area contributed by atoms with Crippen LogP contribution in [0.4, 0.5) is 0 Å². The molecule has 1 fully saturated rings. The van der Waals surface area contributed by atoms with Gasteiger partial charge in [0.15, 0.2) is 0 Å². The van der Waals surface area contributed by atoms with Gasteiger partial charge in [-0.2, -0.15) is 0 Å². The van der Waals surface area contributed by atoms with Crippen molar-refractivity contribution in [1.29, 1.82) is 0 Å². The summed E-state index contributed by atoms with van der Waals surface area (Å²) in [5.41, 5.74) is 0. The van der Waals surface area contributed by atoms with E-state index in [1.54, 1.807) is 0 Å². The van der Waals surface area contributed by atoms with E-state index in [-0.39, 0.29) is 6.10 Å². The van der Waals surface area contributed by atoms with Gasteiger partial charge in [0, 0.05) is 13.2 Å². The summed E-state index contributed by atoms with van der Waals surface area (Å²) >= 11 is 0. The minimum atomic E-state index is -0.363. The molecule has 114 valence electrons. The van der Waals surface area contributed by atoms with Gasteiger partial charge < -0.3 is 15.2 Å². The average Bonchev–Trinajstić information content (AvgIpc) is 3.09. The number of hydrogen-bond acceptors (Lipinski definition) is 3. The van der Waals surface area contributed by atoms with Gasteiger partial charge in [-0.05, 0) is 37.1 Å². The van der Waals surface area contributed by atoms with Crippen molar-refractivity contribution in [3.63, 3.8) is 0 Å². The number of unbranched alkanes of at least 4 members (excludes halogenated alkanes) is 1. The minimum absolute atomic E-state index is 0.363. The summed E-state index contributed by atoms with van der Waals surface area (Å²) in [6.07, 6.45) is 5.94. The molecule has 0 heterocycles. The number of aliphatic hydroxyl groups excluding tert-OH is 1. The summed E-state index contributed by atoms with van der Waals surface area (Å²) < 4.78 is 5.65. The summed E-state index contributed by atoms with van der Waals surface area (Å²) in [7, 11) is 0. The second kappa shape index (κ2) is 9.73. The van der Waals surface area contributed by atoms with Crippen molar-refractivity contribution in [2.24, 2.45) is 17.8 Å². The van der Waals surface area contributed by atoms with Crippen molar-refractivity contribution in [2.45, 2.75) is 59.0 Å². The molecule has 0 aromatic rings. The molecule has 0 saturated heterocycles. The number of hydrogen-bond donors (Lipinski definition) is 2. The fourth-order valence-electron chi connectivity index (χ4n) is 2.45. The third-order valence-corrected chi connectivity index (χ3v) is 4.27. The van der Waals surface area contributed by atoms with Gasteiger partial charge in [-0.15, -0.1) is 0 Å². The zero-order valence-electron chi connectivity index (χ0n) is 13.0. The summed E-state index contributed by atoms with van der Waals surface area (Å²) in [4.78, 5) is 0. The lowest BCUT2D eigenvalue weighted by Gasteiger charge is -2.17. The van der Waals surface area contributed by atoms with Crippen LogP contribution in [0, 0.1) is 17.8 Å². The third kappa shape index (κ3) is 7.91. The highest BCUT2D eigenvalue weighted by atomic mass is 16.5. The van der Waals surface area contributed by atoms with Gasteiger partial charge in [-0.3, -0.25) is 0 Å². The van der Waals surface area contributed by atoms with E-state index in [9.17, 15) is 5.11 Å². The van der Waals surface area contributed by atoms with Gasteiger partial charge >= 0.3 is 0 Å². The molecule has 3 heteroatoms. The first-order valence-electron chi connectivity index (χ1n) is 8.13. The average molecular weight is 271 g/mol. The fraction of sp³-hybridized carbons (Fsp3) is 1.00. The smallest absolute Gasteiger partial charge is 0.0897 e. The number of rotatable bonds is 12. The topological polar surface area (TPSA) is 41.5 Å². The Balaban J connectivity index is 1.94. The second-order valence-corrected chi connectivity index (χ2v) is 6.24. The molecule has 1 aliphatic rings. The fourth-order valence-corrected chi connectivity index (χ4v) is 2.45. The number of aliphatic hydroxyl groups is 1. The van der Waals surface area contributed by atoms with Crippen LogP contribution in [0.3, 0.4) is 0 Å². The predicted molar refractivity (Wildman–Crippen MR) is 80.3 cm³/mol. The molecule has 4 atom stereocenters. The SMILES string of the molecule is CCCCC(CC)COCC(O)CNCC1CC1C. The molecule has 4 unspecified atom stereocenters. The lowest BCUT2D eigenvalue weighted by Crippen LogP contribution is -2.32. The number of nitrogens with one attached hydrogen (secondary N) is 1. The van der Waals surface area contributed by atoms with Crippen LogP contribution in [-0.4, -0.2) is 37.5 Å². The van der Waals surface area contributed by atoms with Crippen molar-refractivity contribution in [3.8, 4) is 0 Å². The normalized spacial score (nSPS) is 25.3. The molecule has 0 spiro atoms. The monoisotopic (exact) mass is 271 g/mol. The van der Waals surface area contributed by atoms with Crippen molar-refractivity contribution in [2.75, 3.05) is 26.3 Å². The van der Waals surface area contributed by atoms with E-state index >= 15 is 0 Å². The lowest BCUT2D eigenvalue weighted by molar-refractivity contribution is 0.0193. The van der Waals surface area contributed by atoms with E-state index in [1.807, 2.05) is 0 Å².